The van der Waals surface area contributed by atoms with Crippen LogP contribution in [0.25, 0.3) is 0 Å². The summed E-state index contributed by atoms with van der Waals surface area (Å²) in [4.78, 5) is 10.4. The third-order valence-corrected chi connectivity index (χ3v) is 1.51. The maximum Gasteiger partial charge on any atom is 0.323 e. The number of hydrogen-bond donors (Lipinski definition) is 2. The summed E-state index contributed by atoms with van der Waals surface area (Å²) < 4.78 is 0. The van der Waals surface area contributed by atoms with Gasteiger partial charge in [-0.15, -0.1) is 12.3 Å². The van der Waals surface area contributed by atoms with Crippen molar-refractivity contribution >= 4 is 5.97 Å². The first-order chi connectivity index (χ1) is 5.00. The Morgan fingerprint density at radius 2 is 2.36 bits per heavy atom. The Morgan fingerprint density at radius 1 is 1.82 bits per heavy atom. The summed E-state index contributed by atoms with van der Waals surface area (Å²) in [6.45, 7) is 1.49. The normalized spacial score (nSPS) is 15.0. The Balaban J connectivity index is 3.75. The van der Waals surface area contributed by atoms with E-state index in [1.807, 2.05) is 0 Å². The third kappa shape index (κ3) is 3.64. The molecule has 3 N–H and O–H groups in total. The minimum absolute atomic E-state index is 0.423. The fourth-order valence-corrected chi connectivity index (χ4v) is 0.665. The van der Waals surface area contributed by atoms with Crippen LogP contribution in [0.3, 0.4) is 0 Å². The topological polar surface area (TPSA) is 63.3 Å². The molecule has 0 aliphatic carbocycles. The van der Waals surface area contributed by atoms with Gasteiger partial charge in [0.1, 0.15) is 5.54 Å². The minimum Gasteiger partial charge on any atom is -0.480 e. The van der Waals surface area contributed by atoms with Crippen molar-refractivity contribution in [2.24, 2.45) is 5.73 Å². The molecule has 0 spiro atoms. The number of nitrogens with two attached hydrogens (primary N) is 1. The van der Waals surface area contributed by atoms with Gasteiger partial charge in [-0.3, -0.25) is 4.79 Å². The molecule has 0 bridgehead atoms. The smallest absolute Gasteiger partial charge is 0.323 e. The Kier molecular flexibility index (Phi) is 3.63. The van der Waals surface area contributed by atoms with Crippen LogP contribution in [0.15, 0.2) is 0 Å². The van der Waals surface area contributed by atoms with Crippen LogP contribution in [0, 0.1) is 12.3 Å². The molecule has 3 heteroatoms. The molecule has 62 valence electrons. The summed E-state index contributed by atoms with van der Waals surface area (Å²) in [6.07, 6.45) is 6.66. The molecule has 3 nitrogen and oxygen atoms in total. The van der Waals surface area contributed by atoms with Crippen molar-refractivity contribution in [1.82, 2.24) is 0 Å². The lowest BCUT2D eigenvalue weighted by Crippen LogP contribution is -2.44. The van der Waals surface area contributed by atoms with Gasteiger partial charge in [0.15, 0.2) is 0 Å². The van der Waals surface area contributed by atoms with Crippen LogP contribution in [0.5, 0.6) is 0 Å². The predicted molar refractivity (Wildman–Crippen MR) is 42.9 cm³/mol. The fourth-order valence-electron chi connectivity index (χ4n) is 0.665. The Hall–Kier alpha value is -1.01. The summed E-state index contributed by atoms with van der Waals surface area (Å²) in [5.74, 6) is 1.45. The van der Waals surface area contributed by atoms with Crippen LogP contribution in [0.4, 0.5) is 0 Å². The van der Waals surface area contributed by atoms with Crippen molar-refractivity contribution in [2.45, 2.75) is 31.7 Å². The van der Waals surface area contributed by atoms with E-state index in [9.17, 15) is 4.79 Å². The van der Waals surface area contributed by atoms with Gasteiger partial charge < -0.3 is 10.8 Å². The van der Waals surface area contributed by atoms with Crippen LogP contribution in [-0.2, 0) is 4.79 Å². The standard InChI is InChI=1S/C8H13NO2/c1-3-4-5-6-8(2,9)7(10)11/h1H,4-6,9H2,2H3,(H,10,11). The van der Waals surface area contributed by atoms with Gasteiger partial charge in [0.2, 0.25) is 0 Å². The van der Waals surface area contributed by atoms with E-state index in [0.717, 1.165) is 0 Å². The van der Waals surface area contributed by atoms with Gasteiger partial charge in [-0.25, -0.2) is 0 Å². The predicted octanol–water partition coefficient (Wildman–Crippen LogP) is 0.592. The average molecular weight is 155 g/mol. The van der Waals surface area contributed by atoms with Crippen LogP contribution in [0.2, 0.25) is 0 Å². The van der Waals surface area contributed by atoms with E-state index >= 15 is 0 Å². The summed E-state index contributed by atoms with van der Waals surface area (Å²) in [7, 11) is 0. The van der Waals surface area contributed by atoms with E-state index in [2.05, 4.69) is 5.92 Å². The molecular formula is C8H13NO2. The number of unbranched alkanes of at least 4 members (excludes halogenated alkanes) is 1. The van der Waals surface area contributed by atoms with E-state index in [0.29, 0.717) is 19.3 Å². The SMILES string of the molecule is C#CCCCC(C)(N)C(=O)O. The van der Waals surface area contributed by atoms with Crippen molar-refractivity contribution < 1.29 is 9.90 Å². The zero-order valence-electron chi connectivity index (χ0n) is 6.63. The van der Waals surface area contributed by atoms with Crippen molar-refractivity contribution in [3.05, 3.63) is 0 Å². The molecule has 0 aromatic rings. The zero-order chi connectivity index (χ0) is 8.91. The summed E-state index contributed by atoms with van der Waals surface area (Å²) in [5.41, 5.74) is 4.30. The van der Waals surface area contributed by atoms with E-state index < -0.39 is 11.5 Å². The van der Waals surface area contributed by atoms with Gasteiger partial charge in [0.05, 0.1) is 0 Å². The summed E-state index contributed by atoms with van der Waals surface area (Å²) in [5, 5.41) is 8.56. The highest BCUT2D eigenvalue weighted by atomic mass is 16.4. The van der Waals surface area contributed by atoms with Gasteiger partial charge in [0.25, 0.3) is 0 Å². The molecule has 0 radical (unpaired) electrons. The lowest BCUT2D eigenvalue weighted by Gasteiger charge is -2.17. The second-order valence-electron chi connectivity index (χ2n) is 2.78. The van der Waals surface area contributed by atoms with E-state index in [4.69, 9.17) is 17.3 Å². The lowest BCUT2D eigenvalue weighted by molar-refractivity contribution is -0.142. The first-order valence-electron chi connectivity index (χ1n) is 3.46. The van der Waals surface area contributed by atoms with Crippen molar-refractivity contribution in [3.8, 4) is 12.3 Å². The maximum absolute atomic E-state index is 10.4. The van der Waals surface area contributed by atoms with Gasteiger partial charge in [-0.2, -0.15) is 0 Å². The first-order valence-corrected chi connectivity index (χ1v) is 3.46. The van der Waals surface area contributed by atoms with Crippen LogP contribution in [0.1, 0.15) is 26.2 Å². The quantitative estimate of drug-likeness (QED) is 0.461. The van der Waals surface area contributed by atoms with Crippen molar-refractivity contribution in [1.29, 1.82) is 0 Å². The monoisotopic (exact) mass is 155 g/mol. The Morgan fingerprint density at radius 3 is 2.73 bits per heavy atom. The summed E-state index contributed by atoms with van der Waals surface area (Å²) in [6, 6.07) is 0. The van der Waals surface area contributed by atoms with Gasteiger partial charge in [0, 0.05) is 6.42 Å². The molecule has 0 aromatic carbocycles. The van der Waals surface area contributed by atoms with Gasteiger partial charge in [-0.05, 0) is 19.8 Å². The number of carboxylic acids is 1. The highest BCUT2D eigenvalue weighted by molar-refractivity contribution is 5.77. The molecule has 0 fully saturated rings. The molecule has 0 aliphatic heterocycles. The Bertz CT molecular complexity index is 179. The van der Waals surface area contributed by atoms with Gasteiger partial charge in [-0.1, -0.05) is 0 Å². The fraction of sp³-hybridized carbons (Fsp3) is 0.625. The average Bonchev–Trinajstić information content (AvgIpc) is 1.88. The zero-order valence-corrected chi connectivity index (χ0v) is 6.63. The molecule has 0 rings (SSSR count). The summed E-state index contributed by atoms with van der Waals surface area (Å²) >= 11 is 0. The largest absolute Gasteiger partial charge is 0.480 e. The van der Waals surface area contributed by atoms with Crippen LogP contribution >= 0.6 is 0 Å². The van der Waals surface area contributed by atoms with Crippen molar-refractivity contribution in [2.75, 3.05) is 0 Å². The molecule has 1 unspecified atom stereocenters. The van der Waals surface area contributed by atoms with Crippen LogP contribution < -0.4 is 5.73 Å². The molecule has 0 aromatic heterocycles. The van der Waals surface area contributed by atoms with E-state index in [1.54, 1.807) is 0 Å². The molecule has 1 atom stereocenters. The van der Waals surface area contributed by atoms with E-state index in [-0.39, 0.29) is 0 Å². The molecule has 0 saturated heterocycles. The first kappa shape index (κ1) is 9.99. The molecule has 0 aliphatic rings. The van der Waals surface area contributed by atoms with Gasteiger partial charge >= 0.3 is 5.97 Å². The molecule has 0 saturated carbocycles. The highest BCUT2D eigenvalue weighted by Gasteiger charge is 2.26. The lowest BCUT2D eigenvalue weighted by atomic mass is 9.97. The molecular weight excluding hydrogens is 142 g/mol. The number of carbonyl (C=O) groups is 1. The number of terminal acetylenes is 1. The molecule has 0 amide bonds. The Labute approximate surface area is 66.6 Å². The molecule has 0 heterocycles. The number of carboxylic acid groups (broad SMARTS) is 1. The second kappa shape index (κ2) is 3.99. The second-order valence-corrected chi connectivity index (χ2v) is 2.78. The third-order valence-electron chi connectivity index (χ3n) is 1.51. The highest BCUT2D eigenvalue weighted by Crippen LogP contribution is 2.09. The molecule has 11 heavy (non-hydrogen) atoms. The number of aliphatic carboxylic acids is 1. The van der Waals surface area contributed by atoms with Crippen molar-refractivity contribution in [3.63, 3.8) is 0 Å². The maximum atomic E-state index is 10.4. The minimum atomic E-state index is -1.13. The van der Waals surface area contributed by atoms with E-state index in [1.165, 1.54) is 6.92 Å². The van der Waals surface area contributed by atoms with Crippen LogP contribution in [-0.4, -0.2) is 16.6 Å². The number of rotatable bonds is 4. The number of hydrogen-bond acceptors (Lipinski definition) is 2.